The van der Waals surface area contributed by atoms with Crippen LogP contribution in [0.5, 0.6) is 0 Å². The standard InChI is InChI=1S/C12H24N2/c1-5-13-11-7-14(9(2)3)8-12(11)6-10(12)4/h9-11,13H,5-8H2,1-4H3. The molecule has 1 spiro atoms. The van der Waals surface area contributed by atoms with Crippen LogP contribution in [0.3, 0.4) is 0 Å². The molecule has 1 heterocycles. The van der Waals surface area contributed by atoms with Crippen molar-refractivity contribution in [2.75, 3.05) is 19.6 Å². The van der Waals surface area contributed by atoms with E-state index in [2.05, 4.69) is 37.9 Å². The summed E-state index contributed by atoms with van der Waals surface area (Å²) in [6, 6.07) is 1.47. The molecule has 3 unspecified atom stereocenters. The lowest BCUT2D eigenvalue weighted by Gasteiger charge is -2.20. The van der Waals surface area contributed by atoms with Crippen LogP contribution in [0.2, 0.25) is 0 Å². The van der Waals surface area contributed by atoms with Crippen LogP contribution in [0, 0.1) is 11.3 Å². The second-order valence-electron chi connectivity index (χ2n) is 5.47. The van der Waals surface area contributed by atoms with Gasteiger partial charge >= 0.3 is 0 Å². The molecule has 2 aliphatic rings. The number of nitrogens with zero attached hydrogens (tertiary/aromatic N) is 1. The summed E-state index contributed by atoms with van der Waals surface area (Å²) in [4.78, 5) is 2.64. The summed E-state index contributed by atoms with van der Waals surface area (Å²) < 4.78 is 0. The first kappa shape index (κ1) is 10.4. The maximum Gasteiger partial charge on any atom is 0.0266 e. The summed E-state index contributed by atoms with van der Waals surface area (Å²) in [5.41, 5.74) is 0.639. The fourth-order valence-electron chi connectivity index (χ4n) is 3.09. The highest BCUT2D eigenvalue weighted by Gasteiger charge is 2.60. The van der Waals surface area contributed by atoms with Gasteiger partial charge in [0.15, 0.2) is 0 Å². The molecular formula is C12H24N2. The highest BCUT2D eigenvalue weighted by molar-refractivity contribution is 5.14. The average molecular weight is 196 g/mol. The molecular weight excluding hydrogens is 172 g/mol. The molecule has 0 amide bonds. The Morgan fingerprint density at radius 2 is 2.14 bits per heavy atom. The molecule has 0 radical (unpaired) electrons. The van der Waals surface area contributed by atoms with Gasteiger partial charge in [-0.2, -0.15) is 0 Å². The predicted octanol–water partition coefficient (Wildman–Crippen LogP) is 1.71. The van der Waals surface area contributed by atoms with Crippen LogP contribution >= 0.6 is 0 Å². The van der Waals surface area contributed by atoms with E-state index in [-0.39, 0.29) is 0 Å². The minimum Gasteiger partial charge on any atom is -0.312 e. The van der Waals surface area contributed by atoms with Gasteiger partial charge in [0.05, 0.1) is 0 Å². The Kier molecular flexibility index (Phi) is 2.61. The second kappa shape index (κ2) is 3.49. The molecule has 82 valence electrons. The van der Waals surface area contributed by atoms with Crippen molar-refractivity contribution in [1.29, 1.82) is 0 Å². The number of likely N-dealkylation sites (tertiary alicyclic amines) is 1. The van der Waals surface area contributed by atoms with Gasteiger partial charge in [-0.1, -0.05) is 13.8 Å². The number of likely N-dealkylation sites (N-methyl/N-ethyl adjacent to an activating group) is 1. The predicted molar refractivity (Wildman–Crippen MR) is 60.4 cm³/mol. The minimum atomic E-state index is 0.639. The third kappa shape index (κ3) is 1.49. The molecule has 1 N–H and O–H groups in total. The molecule has 3 atom stereocenters. The summed E-state index contributed by atoms with van der Waals surface area (Å²) in [7, 11) is 0. The average Bonchev–Trinajstić information content (AvgIpc) is 2.57. The number of nitrogens with one attached hydrogen (secondary N) is 1. The normalized spacial score (nSPS) is 42.6. The number of rotatable bonds is 3. The summed E-state index contributed by atoms with van der Waals surface area (Å²) in [5, 5.41) is 3.67. The van der Waals surface area contributed by atoms with Crippen molar-refractivity contribution in [3.63, 3.8) is 0 Å². The highest BCUT2D eigenvalue weighted by Crippen LogP contribution is 2.58. The number of hydrogen-bond acceptors (Lipinski definition) is 2. The molecule has 2 rings (SSSR count). The molecule has 0 aromatic heterocycles. The van der Waals surface area contributed by atoms with Crippen LogP contribution < -0.4 is 5.32 Å². The van der Waals surface area contributed by atoms with Gasteiger partial charge in [0, 0.05) is 30.6 Å². The lowest BCUT2D eigenvalue weighted by atomic mass is 9.98. The fourth-order valence-corrected chi connectivity index (χ4v) is 3.09. The Hall–Kier alpha value is -0.0800. The zero-order valence-corrected chi connectivity index (χ0v) is 10.0. The first-order valence-electron chi connectivity index (χ1n) is 6.07. The monoisotopic (exact) mass is 196 g/mol. The summed E-state index contributed by atoms with van der Waals surface area (Å²) in [5.74, 6) is 0.940. The first-order chi connectivity index (χ1) is 6.60. The van der Waals surface area contributed by atoms with Gasteiger partial charge in [0.2, 0.25) is 0 Å². The minimum absolute atomic E-state index is 0.639. The van der Waals surface area contributed by atoms with Crippen molar-refractivity contribution in [2.45, 2.75) is 46.2 Å². The van der Waals surface area contributed by atoms with Gasteiger partial charge in [-0.05, 0) is 32.7 Å². The Morgan fingerprint density at radius 1 is 1.50 bits per heavy atom. The molecule has 0 aromatic carbocycles. The molecule has 1 saturated heterocycles. The molecule has 1 aliphatic carbocycles. The highest BCUT2D eigenvalue weighted by atomic mass is 15.2. The zero-order valence-electron chi connectivity index (χ0n) is 10.0. The molecule has 14 heavy (non-hydrogen) atoms. The lowest BCUT2D eigenvalue weighted by molar-refractivity contribution is 0.258. The molecule has 2 heteroatoms. The fraction of sp³-hybridized carbons (Fsp3) is 1.00. The SMILES string of the molecule is CCNC1CN(C(C)C)CC12CC2C. The maximum atomic E-state index is 3.67. The summed E-state index contributed by atoms with van der Waals surface area (Å²) in [6.45, 7) is 13.0. The van der Waals surface area contributed by atoms with E-state index in [1.54, 1.807) is 0 Å². The molecule has 1 saturated carbocycles. The van der Waals surface area contributed by atoms with E-state index in [0.29, 0.717) is 11.5 Å². The third-order valence-electron chi connectivity index (χ3n) is 4.30. The Balaban J connectivity index is 2.03. The smallest absolute Gasteiger partial charge is 0.0266 e. The van der Waals surface area contributed by atoms with Crippen molar-refractivity contribution >= 4 is 0 Å². The Morgan fingerprint density at radius 3 is 2.57 bits per heavy atom. The maximum absolute atomic E-state index is 3.67. The van der Waals surface area contributed by atoms with Crippen molar-refractivity contribution in [1.82, 2.24) is 10.2 Å². The van der Waals surface area contributed by atoms with E-state index in [1.165, 1.54) is 19.5 Å². The van der Waals surface area contributed by atoms with E-state index in [4.69, 9.17) is 0 Å². The van der Waals surface area contributed by atoms with Crippen molar-refractivity contribution < 1.29 is 0 Å². The first-order valence-corrected chi connectivity index (χ1v) is 6.07. The third-order valence-corrected chi connectivity index (χ3v) is 4.30. The van der Waals surface area contributed by atoms with Gasteiger partial charge in [-0.25, -0.2) is 0 Å². The second-order valence-corrected chi connectivity index (χ2v) is 5.47. The van der Waals surface area contributed by atoms with Crippen LogP contribution in [0.1, 0.15) is 34.1 Å². The van der Waals surface area contributed by atoms with Gasteiger partial charge in [0.25, 0.3) is 0 Å². The van der Waals surface area contributed by atoms with Crippen LogP contribution in [-0.4, -0.2) is 36.6 Å². The van der Waals surface area contributed by atoms with E-state index >= 15 is 0 Å². The molecule has 0 aromatic rings. The van der Waals surface area contributed by atoms with Gasteiger partial charge in [-0.3, -0.25) is 4.90 Å². The van der Waals surface area contributed by atoms with Gasteiger partial charge in [0.1, 0.15) is 0 Å². The van der Waals surface area contributed by atoms with Crippen LogP contribution in [0.15, 0.2) is 0 Å². The van der Waals surface area contributed by atoms with Crippen molar-refractivity contribution in [3.8, 4) is 0 Å². The van der Waals surface area contributed by atoms with E-state index in [0.717, 1.165) is 18.5 Å². The zero-order chi connectivity index (χ0) is 10.3. The Labute approximate surface area is 88.1 Å². The molecule has 2 fully saturated rings. The van der Waals surface area contributed by atoms with Crippen LogP contribution in [-0.2, 0) is 0 Å². The largest absolute Gasteiger partial charge is 0.312 e. The van der Waals surface area contributed by atoms with Crippen LogP contribution in [0.4, 0.5) is 0 Å². The number of hydrogen-bond donors (Lipinski definition) is 1. The van der Waals surface area contributed by atoms with Crippen LogP contribution in [0.25, 0.3) is 0 Å². The van der Waals surface area contributed by atoms with Gasteiger partial charge in [-0.15, -0.1) is 0 Å². The van der Waals surface area contributed by atoms with Crippen molar-refractivity contribution in [3.05, 3.63) is 0 Å². The van der Waals surface area contributed by atoms with E-state index in [1.807, 2.05) is 0 Å². The Bertz CT molecular complexity index is 214. The molecule has 0 bridgehead atoms. The summed E-state index contributed by atoms with van der Waals surface area (Å²) in [6.07, 6.45) is 1.44. The molecule has 1 aliphatic heterocycles. The van der Waals surface area contributed by atoms with Gasteiger partial charge < -0.3 is 5.32 Å². The van der Waals surface area contributed by atoms with Crippen molar-refractivity contribution in [2.24, 2.45) is 11.3 Å². The van der Waals surface area contributed by atoms with E-state index in [9.17, 15) is 0 Å². The molecule has 2 nitrogen and oxygen atoms in total. The summed E-state index contributed by atoms with van der Waals surface area (Å²) >= 11 is 0. The topological polar surface area (TPSA) is 15.3 Å². The lowest BCUT2D eigenvalue weighted by Crippen LogP contribution is -2.38. The van der Waals surface area contributed by atoms with E-state index < -0.39 is 0 Å². The quantitative estimate of drug-likeness (QED) is 0.739.